The SMILES string of the molecule is COc1ccc(-c2nccn2Cc2ccccc2C#N)cc1. The van der Waals surface area contributed by atoms with Crippen molar-refractivity contribution in [3.63, 3.8) is 0 Å². The molecule has 1 heterocycles. The molecule has 0 atom stereocenters. The first-order chi connectivity index (χ1) is 10.8. The number of ether oxygens (including phenoxy) is 1. The molecule has 1 aromatic heterocycles. The van der Waals surface area contributed by atoms with Gasteiger partial charge in [-0.2, -0.15) is 5.26 Å². The summed E-state index contributed by atoms with van der Waals surface area (Å²) in [5.41, 5.74) is 2.69. The standard InChI is InChI=1S/C18H15N3O/c1-22-17-8-6-14(7-9-17)18-20-10-11-21(18)13-16-5-3-2-4-15(16)12-19/h2-11H,13H2,1H3. The third-order valence-electron chi connectivity index (χ3n) is 3.54. The summed E-state index contributed by atoms with van der Waals surface area (Å²) in [6.07, 6.45) is 3.70. The quantitative estimate of drug-likeness (QED) is 0.739. The highest BCUT2D eigenvalue weighted by Crippen LogP contribution is 2.22. The van der Waals surface area contributed by atoms with Gasteiger partial charge in [0, 0.05) is 18.0 Å². The maximum Gasteiger partial charge on any atom is 0.140 e. The minimum atomic E-state index is 0.616. The van der Waals surface area contributed by atoms with Crippen LogP contribution in [0, 0.1) is 11.3 Å². The highest BCUT2D eigenvalue weighted by Gasteiger charge is 2.08. The van der Waals surface area contributed by atoms with Gasteiger partial charge >= 0.3 is 0 Å². The molecule has 4 nitrogen and oxygen atoms in total. The van der Waals surface area contributed by atoms with Crippen LogP contribution >= 0.6 is 0 Å². The number of hydrogen-bond acceptors (Lipinski definition) is 3. The van der Waals surface area contributed by atoms with E-state index in [0.29, 0.717) is 12.1 Å². The summed E-state index contributed by atoms with van der Waals surface area (Å²) in [6.45, 7) is 0.616. The van der Waals surface area contributed by atoms with Crippen LogP contribution in [0.2, 0.25) is 0 Å². The molecule has 0 radical (unpaired) electrons. The Morgan fingerprint density at radius 3 is 2.64 bits per heavy atom. The fraction of sp³-hybridized carbons (Fsp3) is 0.111. The number of imidazole rings is 1. The molecule has 0 unspecified atom stereocenters. The molecule has 0 saturated carbocycles. The largest absolute Gasteiger partial charge is 0.497 e. The Bertz CT molecular complexity index is 813. The lowest BCUT2D eigenvalue weighted by atomic mass is 10.1. The zero-order valence-corrected chi connectivity index (χ0v) is 12.2. The molecule has 0 aliphatic rings. The molecule has 0 saturated heterocycles. The Morgan fingerprint density at radius 1 is 1.14 bits per heavy atom. The lowest BCUT2D eigenvalue weighted by Crippen LogP contribution is -2.03. The normalized spacial score (nSPS) is 10.2. The topological polar surface area (TPSA) is 50.8 Å². The minimum Gasteiger partial charge on any atom is -0.497 e. The van der Waals surface area contributed by atoms with Crippen molar-refractivity contribution in [3.05, 3.63) is 72.1 Å². The minimum absolute atomic E-state index is 0.616. The van der Waals surface area contributed by atoms with Gasteiger partial charge in [0.15, 0.2) is 0 Å². The molecule has 0 amide bonds. The Labute approximate surface area is 129 Å². The van der Waals surface area contributed by atoms with Gasteiger partial charge in [-0.15, -0.1) is 0 Å². The van der Waals surface area contributed by atoms with Crippen LogP contribution in [0.5, 0.6) is 5.75 Å². The second-order valence-electron chi connectivity index (χ2n) is 4.88. The summed E-state index contributed by atoms with van der Waals surface area (Å²) in [7, 11) is 1.65. The number of rotatable bonds is 4. The third-order valence-corrected chi connectivity index (χ3v) is 3.54. The van der Waals surface area contributed by atoms with Crippen molar-refractivity contribution in [2.45, 2.75) is 6.54 Å². The molecule has 0 aliphatic carbocycles. The smallest absolute Gasteiger partial charge is 0.140 e. The number of hydrogen-bond donors (Lipinski definition) is 0. The van der Waals surface area contributed by atoms with E-state index in [0.717, 1.165) is 22.7 Å². The summed E-state index contributed by atoms with van der Waals surface area (Å²) in [6, 6.07) is 17.6. The van der Waals surface area contributed by atoms with E-state index in [9.17, 15) is 5.26 Å². The van der Waals surface area contributed by atoms with Crippen molar-refractivity contribution in [1.82, 2.24) is 9.55 Å². The van der Waals surface area contributed by atoms with E-state index in [1.807, 2.05) is 59.3 Å². The molecule has 0 fully saturated rings. The monoisotopic (exact) mass is 289 g/mol. The van der Waals surface area contributed by atoms with Crippen LogP contribution in [0.1, 0.15) is 11.1 Å². The van der Waals surface area contributed by atoms with Gasteiger partial charge < -0.3 is 9.30 Å². The third kappa shape index (κ3) is 2.70. The van der Waals surface area contributed by atoms with Crippen molar-refractivity contribution in [3.8, 4) is 23.2 Å². The average molecular weight is 289 g/mol. The molecule has 3 aromatic rings. The van der Waals surface area contributed by atoms with Crippen molar-refractivity contribution in [1.29, 1.82) is 5.26 Å². The van der Waals surface area contributed by atoms with E-state index >= 15 is 0 Å². The lowest BCUT2D eigenvalue weighted by Gasteiger charge is -2.10. The van der Waals surface area contributed by atoms with Gasteiger partial charge in [0.1, 0.15) is 11.6 Å². The lowest BCUT2D eigenvalue weighted by molar-refractivity contribution is 0.415. The van der Waals surface area contributed by atoms with Crippen LogP contribution in [-0.4, -0.2) is 16.7 Å². The molecule has 2 aromatic carbocycles. The number of benzene rings is 2. The van der Waals surface area contributed by atoms with Gasteiger partial charge in [-0.25, -0.2) is 4.98 Å². The second kappa shape index (κ2) is 6.15. The van der Waals surface area contributed by atoms with Crippen LogP contribution in [0.3, 0.4) is 0 Å². The van der Waals surface area contributed by atoms with Crippen molar-refractivity contribution in [2.75, 3.05) is 7.11 Å². The molecule has 108 valence electrons. The van der Waals surface area contributed by atoms with Gasteiger partial charge in [0.05, 0.1) is 25.3 Å². The predicted molar refractivity (Wildman–Crippen MR) is 84.5 cm³/mol. The Balaban J connectivity index is 1.93. The second-order valence-corrected chi connectivity index (χ2v) is 4.88. The van der Waals surface area contributed by atoms with Crippen molar-refractivity contribution < 1.29 is 4.74 Å². The molecular formula is C18H15N3O. The first-order valence-electron chi connectivity index (χ1n) is 6.95. The summed E-state index contributed by atoms with van der Waals surface area (Å²) in [4.78, 5) is 4.43. The Hall–Kier alpha value is -3.06. The Morgan fingerprint density at radius 2 is 1.91 bits per heavy atom. The Kier molecular flexibility index (Phi) is 3.88. The van der Waals surface area contributed by atoms with E-state index in [-0.39, 0.29) is 0 Å². The fourth-order valence-electron chi connectivity index (χ4n) is 2.39. The first-order valence-corrected chi connectivity index (χ1v) is 6.95. The van der Waals surface area contributed by atoms with Gasteiger partial charge in [-0.1, -0.05) is 18.2 Å². The van der Waals surface area contributed by atoms with Crippen LogP contribution < -0.4 is 4.74 Å². The summed E-state index contributed by atoms with van der Waals surface area (Å²) in [5.74, 6) is 1.69. The van der Waals surface area contributed by atoms with Gasteiger partial charge in [-0.05, 0) is 35.9 Å². The fourth-order valence-corrected chi connectivity index (χ4v) is 2.39. The van der Waals surface area contributed by atoms with Crippen LogP contribution in [0.4, 0.5) is 0 Å². The number of nitrogens with zero attached hydrogens (tertiary/aromatic N) is 3. The molecule has 3 rings (SSSR count). The number of aromatic nitrogens is 2. The van der Waals surface area contributed by atoms with Gasteiger partial charge in [0.2, 0.25) is 0 Å². The highest BCUT2D eigenvalue weighted by molar-refractivity contribution is 5.57. The molecule has 0 spiro atoms. The molecule has 4 heteroatoms. The maximum atomic E-state index is 9.20. The van der Waals surface area contributed by atoms with Crippen molar-refractivity contribution in [2.24, 2.45) is 0 Å². The molecule has 0 aliphatic heterocycles. The van der Waals surface area contributed by atoms with E-state index in [1.54, 1.807) is 13.3 Å². The summed E-state index contributed by atoms with van der Waals surface area (Å²) in [5, 5.41) is 9.20. The van der Waals surface area contributed by atoms with E-state index in [1.165, 1.54) is 0 Å². The van der Waals surface area contributed by atoms with Gasteiger partial charge in [-0.3, -0.25) is 0 Å². The van der Waals surface area contributed by atoms with Crippen LogP contribution in [0.15, 0.2) is 60.9 Å². The zero-order valence-electron chi connectivity index (χ0n) is 12.2. The van der Waals surface area contributed by atoms with Gasteiger partial charge in [0.25, 0.3) is 0 Å². The summed E-state index contributed by atoms with van der Waals surface area (Å²) < 4.78 is 7.22. The molecule has 0 N–H and O–H groups in total. The van der Waals surface area contributed by atoms with E-state index in [2.05, 4.69) is 11.1 Å². The van der Waals surface area contributed by atoms with E-state index in [4.69, 9.17) is 4.74 Å². The zero-order chi connectivity index (χ0) is 15.4. The molecule has 22 heavy (non-hydrogen) atoms. The number of nitriles is 1. The van der Waals surface area contributed by atoms with Crippen LogP contribution in [-0.2, 0) is 6.54 Å². The maximum absolute atomic E-state index is 9.20. The van der Waals surface area contributed by atoms with E-state index < -0.39 is 0 Å². The average Bonchev–Trinajstić information content (AvgIpc) is 3.03. The first kappa shape index (κ1) is 13.9. The summed E-state index contributed by atoms with van der Waals surface area (Å²) >= 11 is 0. The molecular weight excluding hydrogens is 274 g/mol. The predicted octanol–water partition coefficient (Wildman–Crippen LogP) is 3.48. The number of methoxy groups -OCH3 is 1. The highest BCUT2D eigenvalue weighted by atomic mass is 16.5. The van der Waals surface area contributed by atoms with Crippen molar-refractivity contribution >= 4 is 0 Å². The molecule has 0 bridgehead atoms. The van der Waals surface area contributed by atoms with Crippen LogP contribution in [0.25, 0.3) is 11.4 Å².